The number of urea groups is 1. The highest BCUT2D eigenvalue weighted by molar-refractivity contribution is 7.90. The zero-order chi connectivity index (χ0) is 15.2. The second kappa shape index (κ2) is 6.73. The molecular weight excluding hydrogens is 290 g/mol. The van der Waals surface area contributed by atoms with Crippen LogP contribution in [0, 0.1) is 0 Å². The van der Waals surface area contributed by atoms with Crippen LogP contribution < -0.4 is 15.5 Å². The number of benzene rings is 1. The van der Waals surface area contributed by atoms with Crippen molar-refractivity contribution in [2.24, 2.45) is 0 Å². The van der Waals surface area contributed by atoms with Crippen LogP contribution in [0.3, 0.4) is 0 Å². The number of carbonyl (C=O) groups excluding carboxylic acids is 2. The summed E-state index contributed by atoms with van der Waals surface area (Å²) in [7, 11) is -1.69. The van der Waals surface area contributed by atoms with Gasteiger partial charge in [0.15, 0.2) is 0 Å². The summed E-state index contributed by atoms with van der Waals surface area (Å²) in [6.45, 7) is 0. The standard InChI is InChI=1S/C10H13N3O6S/c1-18-10(15)13-20(16,17)8-5-3-7(4-6-8)11-9(14)12-19-2/h3-6H,1-2H3,(H,13,15)(H2,11,12,14). The number of carbonyl (C=O) groups is 2. The predicted octanol–water partition coefficient (Wildman–Crippen LogP) is 0.414. The molecule has 0 heterocycles. The molecule has 0 atom stereocenters. The Bertz CT molecular complexity index is 584. The van der Waals surface area contributed by atoms with Gasteiger partial charge in [0.1, 0.15) is 0 Å². The summed E-state index contributed by atoms with van der Waals surface area (Å²) >= 11 is 0. The van der Waals surface area contributed by atoms with Crippen molar-refractivity contribution < 1.29 is 27.6 Å². The minimum Gasteiger partial charge on any atom is -0.452 e. The lowest BCUT2D eigenvalue weighted by Gasteiger charge is -2.08. The molecule has 0 radical (unpaired) electrons. The number of amides is 3. The van der Waals surface area contributed by atoms with Crippen LogP contribution >= 0.6 is 0 Å². The van der Waals surface area contributed by atoms with Crippen molar-refractivity contribution in [3.63, 3.8) is 0 Å². The molecule has 0 aliphatic rings. The zero-order valence-corrected chi connectivity index (χ0v) is 11.5. The number of hydroxylamine groups is 1. The summed E-state index contributed by atoms with van der Waals surface area (Å²) in [5.74, 6) is 0. The fourth-order valence-corrected chi connectivity index (χ4v) is 2.09. The van der Waals surface area contributed by atoms with E-state index in [1.54, 1.807) is 4.72 Å². The lowest BCUT2D eigenvalue weighted by Crippen LogP contribution is -2.30. The van der Waals surface area contributed by atoms with Crippen molar-refractivity contribution in [2.45, 2.75) is 4.90 Å². The maximum atomic E-state index is 11.7. The molecular formula is C10H13N3O6S. The molecule has 110 valence electrons. The van der Waals surface area contributed by atoms with Gasteiger partial charge in [-0.05, 0) is 24.3 Å². The Morgan fingerprint density at radius 2 is 1.70 bits per heavy atom. The highest BCUT2D eigenvalue weighted by Crippen LogP contribution is 2.13. The first-order valence-electron chi connectivity index (χ1n) is 5.20. The van der Waals surface area contributed by atoms with Crippen LogP contribution in [0.4, 0.5) is 15.3 Å². The van der Waals surface area contributed by atoms with E-state index in [1.807, 2.05) is 5.48 Å². The van der Waals surface area contributed by atoms with E-state index in [-0.39, 0.29) is 4.90 Å². The third kappa shape index (κ3) is 4.40. The third-order valence-electron chi connectivity index (χ3n) is 2.02. The summed E-state index contributed by atoms with van der Waals surface area (Å²) in [6.07, 6.45) is -1.09. The van der Waals surface area contributed by atoms with Gasteiger partial charge in [0.25, 0.3) is 10.0 Å². The molecule has 0 unspecified atom stereocenters. The van der Waals surface area contributed by atoms with Crippen molar-refractivity contribution >= 4 is 27.8 Å². The van der Waals surface area contributed by atoms with E-state index >= 15 is 0 Å². The second-order valence-corrected chi connectivity index (χ2v) is 5.06. The molecule has 0 saturated heterocycles. The third-order valence-corrected chi connectivity index (χ3v) is 3.35. The van der Waals surface area contributed by atoms with Gasteiger partial charge < -0.3 is 10.1 Å². The Hall–Kier alpha value is -2.33. The molecule has 9 nitrogen and oxygen atoms in total. The number of hydrogen-bond donors (Lipinski definition) is 3. The Labute approximate surface area is 115 Å². The lowest BCUT2D eigenvalue weighted by molar-refractivity contribution is 0.114. The fraction of sp³-hybridized carbons (Fsp3) is 0.200. The average Bonchev–Trinajstić information content (AvgIpc) is 2.39. The second-order valence-electron chi connectivity index (χ2n) is 3.38. The quantitative estimate of drug-likeness (QED) is 0.692. The number of rotatable bonds is 4. The Kier molecular flexibility index (Phi) is 5.29. The first kappa shape index (κ1) is 15.7. The molecule has 3 N–H and O–H groups in total. The molecule has 10 heteroatoms. The van der Waals surface area contributed by atoms with Crippen molar-refractivity contribution in [1.82, 2.24) is 10.2 Å². The topological polar surface area (TPSA) is 123 Å². The highest BCUT2D eigenvalue weighted by Gasteiger charge is 2.17. The molecule has 0 aromatic heterocycles. The molecule has 1 aromatic rings. The van der Waals surface area contributed by atoms with Crippen molar-refractivity contribution in [3.8, 4) is 0 Å². The van der Waals surface area contributed by atoms with Crippen LogP contribution in [-0.2, 0) is 19.6 Å². The van der Waals surface area contributed by atoms with Gasteiger partial charge in [-0.2, -0.15) is 0 Å². The molecule has 0 saturated carbocycles. The van der Waals surface area contributed by atoms with E-state index in [1.165, 1.54) is 31.4 Å². The number of ether oxygens (including phenoxy) is 1. The molecule has 0 aliphatic carbocycles. The van der Waals surface area contributed by atoms with E-state index in [9.17, 15) is 18.0 Å². The number of nitrogens with one attached hydrogen (secondary N) is 3. The summed E-state index contributed by atoms with van der Waals surface area (Å²) in [5, 5.41) is 2.39. The first-order valence-corrected chi connectivity index (χ1v) is 6.68. The van der Waals surface area contributed by atoms with Crippen LogP contribution in [0.15, 0.2) is 29.2 Å². The lowest BCUT2D eigenvalue weighted by atomic mass is 10.3. The molecule has 0 aliphatic heterocycles. The summed E-state index contributed by atoms with van der Waals surface area (Å²) < 4.78 is 29.3. The Morgan fingerprint density at radius 1 is 1.10 bits per heavy atom. The van der Waals surface area contributed by atoms with Crippen LogP contribution in [0.1, 0.15) is 0 Å². The zero-order valence-electron chi connectivity index (χ0n) is 10.7. The van der Waals surface area contributed by atoms with Crippen LogP contribution in [0.5, 0.6) is 0 Å². The van der Waals surface area contributed by atoms with Crippen molar-refractivity contribution in [2.75, 3.05) is 19.5 Å². The largest absolute Gasteiger partial charge is 0.452 e. The maximum absolute atomic E-state index is 11.7. The van der Waals surface area contributed by atoms with Gasteiger partial charge in [-0.15, -0.1) is 0 Å². The minimum atomic E-state index is -4.00. The van der Waals surface area contributed by atoms with Gasteiger partial charge >= 0.3 is 12.1 Å². The molecule has 1 rings (SSSR count). The van der Waals surface area contributed by atoms with Crippen LogP contribution in [-0.4, -0.2) is 34.8 Å². The van der Waals surface area contributed by atoms with Gasteiger partial charge in [0, 0.05) is 5.69 Å². The monoisotopic (exact) mass is 303 g/mol. The first-order chi connectivity index (χ1) is 9.39. The van der Waals surface area contributed by atoms with Gasteiger partial charge in [0.05, 0.1) is 19.1 Å². The Morgan fingerprint density at radius 3 is 2.20 bits per heavy atom. The molecule has 1 aromatic carbocycles. The van der Waals surface area contributed by atoms with Crippen molar-refractivity contribution in [1.29, 1.82) is 0 Å². The fourth-order valence-electron chi connectivity index (χ4n) is 1.18. The van der Waals surface area contributed by atoms with Gasteiger partial charge in [0.2, 0.25) is 0 Å². The highest BCUT2D eigenvalue weighted by atomic mass is 32.2. The number of sulfonamides is 1. The van der Waals surface area contributed by atoms with E-state index in [0.29, 0.717) is 5.69 Å². The van der Waals surface area contributed by atoms with E-state index in [4.69, 9.17) is 0 Å². The van der Waals surface area contributed by atoms with Crippen molar-refractivity contribution in [3.05, 3.63) is 24.3 Å². The molecule has 0 fully saturated rings. The maximum Gasteiger partial charge on any atom is 0.420 e. The summed E-state index contributed by atoms with van der Waals surface area (Å²) in [5.41, 5.74) is 2.37. The number of anilines is 1. The van der Waals surface area contributed by atoms with Crippen LogP contribution in [0.2, 0.25) is 0 Å². The molecule has 0 spiro atoms. The summed E-state index contributed by atoms with van der Waals surface area (Å²) in [4.78, 5) is 26.3. The molecule has 20 heavy (non-hydrogen) atoms. The SMILES string of the molecule is CONC(=O)Nc1ccc(S(=O)(=O)NC(=O)OC)cc1. The smallest absolute Gasteiger partial charge is 0.420 e. The van der Waals surface area contributed by atoms with Gasteiger partial charge in [-0.1, -0.05) is 0 Å². The normalized spacial score (nSPS) is 10.5. The van der Waals surface area contributed by atoms with E-state index < -0.39 is 22.1 Å². The number of methoxy groups -OCH3 is 1. The van der Waals surface area contributed by atoms with Crippen LogP contribution in [0.25, 0.3) is 0 Å². The Balaban J connectivity index is 2.80. The van der Waals surface area contributed by atoms with Gasteiger partial charge in [-0.25, -0.2) is 28.2 Å². The minimum absolute atomic E-state index is 0.152. The average molecular weight is 303 g/mol. The molecule has 0 bridgehead atoms. The summed E-state index contributed by atoms with van der Waals surface area (Å²) in [6, 6.07) is 4.51. The molecule has 3 amide bonds. The number of hydrogen-bond acceptors (Lipinski definition) is 6. The van der Waals surface area contributed by atoms with E-state index in [0.717, 1.165) is 7.11 Å². The van der Waals surface area contributed by atoms with E-state index in [2.05, 4.69) is 14.9 Å². The van der Waals surface area contributed by atoms with Gasteiger partial charge in [-0.3, -0.25) is 4.84 Å². The predicted molar refractivity (Wildman–Crippen MR) is 68.3 cm³/mol.